The van der Waals surface area contributed by atoms with E-state index in [9.17, 15) is 4.79 Å². The molecule has 1 atom stereocenters. The fraction of sp³-hybridized carbons (Fsp3) is 0.533. The van der Waals surface area contributed by atoms with Gasteiger partial charge in [0.05, 0.1) is 11.4 Å². The number of nitrogen functional groups attached to an aromatic ring is 1. The molecule has 19 heavy (non-hydrogen) atoms. The lowest BCUT2D eigenvalue weighted by atomic mass is 10.0. The smallest absolute Gasteiger partial charge is 0.224 e. The number of rotatable bonds is 4. The van der Waals surface area contributed by atoms with Crippen LogP contribution in [0.1, 0.15) is 39.2 Å². The van der Waals surface area contributed by atoms with E-state index in [1.54, 1.807) is 0 Å². The molecule has 104 valence electrons. The van der Waals surface area contributed by atoms with Crippen molar-refractivity contribution in [1.29, 1.82) is 0 Å². The number of nitrogens with one attached hydrogen (secondary N) is 2. The number of hydrogen-bond donors (Lipinski definition) is 3. The maximum Gasteiger partial charge on any atom is 0.224 e. The summed E-state index contributed by atoms with van der Waals surface area (Å²) in [6.07, 6.45) is 2.40. The second kappa shape index (κ2) is 5.51. The lowest BCUT2D eigenvalue weighted by molar-refractivity contribution is -0.116. The molecule has 1 aliphatic rings. The van der Waals surface area contributed by atoms with Gasteiger partial charge in [-0.25, -0.2) is 0 Å². The van der Waals surface area contributed by atoms with E-state index >= 15 is 0 Å². The monoisotopic (exact) mass is 261 g/mol. The van der Waals surface area contributed by atoms with Gasteiger partial charge in [-0.1, -0.05) is 13.8 Å². The highest BCUT2D eigenvalue weighted by molar-refractivity contribution is 5.95. The third-order valence-corrected chi connectivity index (χ3v) is 3.40. The molecule has 1 heterocycles. The normalized spacial score (nSPS) is 15.9. The molecule has 0 saturated heterocycles. The fourth-order valence-electron chi connectivity index (χ4n) is 2.60. The summed E-state index contributed by atoms with van der Waals surface area (Å²) in [5.41, 5.74) is 9.77. The van der Waals surface area contributed by atoms with Gasteiger partial charge in [0.15, 0.2) is 0 Å². The third kappa shape index (κ3) is 3.40. The highest BCUT2D eigenvalue weighted by atomic mass is 16.1. The topological polar surface area (TPSA) is 67.1 Å². The molecular formula is C15H23N3O. The molecule has 0 aromatic heterocycles. The quantitative estimate of drug-likeness (QED) is 0.730. The standard InChI is InChI=1S/C15H23N3O/c1-9(2)6-10(3)17-14-8-13-11(7-12(14)16)4-5-15(19)18-13/h7-10,17H,4-6,16H2,1-3H3,(H,18,19). The number of nitrogens with two attached hydrogens (primary N) is 1. The Hall–Kier alpha value is -1.71. The molecule has 4 heteroatoms. The first-order chi connectivity index (χ1) is 8.95. The van der Waals surface area contributed by atoms with Crippen molar-refractivity contribution < 1.29 is 4.79 Å². The van der Waals surface area contributed by atoms with E-state index in [0.717, 1.165) is 35.5 Å². The van der Waals surface area contributed by atoms with Crippen molar-refractivity contribution in [1.82, 2.24) is 0 Å². The number of hydrogen-bond acceptors (Lipinski definition) is 3. The van der Waals surface area contributed by atoms with Gasteiger partial charge in [0, 0.05) is 18.2 Å². The highest BCUT2D eigenvalue weighted by Gasteiger charge is 2.17. The van der Waals surface area contributed by atoms with Gasteiger partial charge in [-0.3, -0.25) is 4.79 Å². The molecule has 0 spiro atoms. The van der Waals surface area contributed by atoms with Crippen molar-refractivity contribution in [3.63, 3.8) is 0 Å². The van der Waals surface area contributed by atoms with Crippen LogP contribution in [0.3, 0.4) is 0 Å². The minimum atomic E-state index is 0.0819. The van der Waals surface area contributed by atoms with Crippen molar-refractivity contribution in [2.24, 2.45) is 5.92 Å². The first-order valence-corrected chi connectivity index (χ1v) is 6.94. The second-order valence-corrected chi connectivity index (χ2v) is 5.82. The van der Waals surface area contributed by atoms with Crippen LogP contribution in [0, 0.1) is 5.92 Å². The zero-order valence-electron chi connectivity index (χ0n) is 11.9. The zero-order chi connectivity index (χ0) is 14.0. The maximum atomic E-state index is 11.4. The fourth-order valence-corrected chi connectivity index (χ4v) is 2.60. The van der Waals surface area contributed by atoms with Crippen molar-refractivity contribution in [2.45, 2.75) is 46.1 Å². The summed E-state index contributed by atoms with van der Waals surface area (Å²) in [7, 11) is 0. The van der Waals surface area contributed by atoms with Crippen LogP contribution in [-0.2, 0) is 11.2 Å². The molecular weight excluding hydrogens is 238 g/mol. The molecule has 0 bridgehead atoms. The summed E-state index contributed by atoms with van der Waals surface area (Å²) in [6, 6.07) is 4.29. The Morgan fingerprint density at radius 2 is 2.05 bits per heavy atom. The minimum absolute atomic E-state index is 0.0819. The van der Waals surface area contributed by atoms with Crippen LogP contribution in [0.5, 0.6) is 0 Å². The van der Waals surface area contributed by atoms with Gasteiger partial charge in [-0.2, -0.15) is 0 Å². The summed E-state index contributed by atoms with van der Waals surface area (Å²) in [4.78, 5) is 11.4. The third-order valence-electron chi connectivity index (χ3n) is 3.40. The van der Waals surface area contributed by atoms with E-state index in [1.807, 2.05) is 12.1 Å². The number of aryl methyl sites for hydroxylation is 1. The van der Waals surface area contributed by atoms with Crippen molar-refractivity contribution in [3.8, 4) is 0 Å². The number of anilines is 3. The summed E-state index contributed by atoms with van der Waals surface area (Å²) in [5, 5.41) is 6.34. The van der Waals surface area contributed by atoms with Gasteiger partial charge >= 0.3 is 0 Å². The number of carbonyl (C=O) groups is 1. The van der Waals surface area contributed by atoms with Gasteiger partial charge in [-0.15, -0.1) is 0 Å². The Balaban J connectivity index is 2.17. The molecule has 1 aromatic rings. The van der Waals surface area contributed by atoms with Crippen molar-refractivity contribution in [2.75, 3.05) is 16.4 Å². The molecule has 4 nitrogen and oxygen atoms in total. The van der Waals surface area contributed by atoms with E-state index in [0.29, 0.717) is 18.4 Å². The van der Waals surface area contributed by atoms with E-state index in [-0.39, 0.29) is 5.91 Å². The van der Waals surface area contributed by atoms with Crippen LogP contribution in [-0.4, -0.2) is 11.9 Å². The van der Waals surface area contributed by atoms with Gasteiger partial charge in [-0.05, 0) is 43.4 Å². The molecule has 4 N–H and O–H groups in total. The Morgan fingerprint density at radius 1 is 1.32 bits per heavy atom. The lowest BCUT2D eigenvalue weighted by Gasteiger charge is -2.22. The molecule has 0 fully saturated rings. The molecule has 0 aliphatic carbocycles. The average Bonchev–Trinajstić information content (AvgIpc) is 2.29. The Kier molecular flexibility index (Phi) is 3.98. The van der Waals surface area contributed by atoms with Crippen molar-refractivity contribution >= 4 is 23.0 Å². The van der Waals surface area contributed by atoms with Crippen LogP contribution in [0.4, 0.5) is 17.1 Å². The van der Waals surface area contributed by atoms with E-state index < -0.39 is 0 Å². The summed E-state index contributed by atoms with van der Waals surface area (Å²) in [6.45, 7) is 6.56. The molecule has 1 aromatic carbocycles. The molecule has 1 aliphatic heterocycles. The van der Waals surface area contributed by atoms with Gasteiger partial charge in [0.25, 0.3) is 0 Å². The van der Waals surface area contributed by atoms with Gasteiger partial charge < -0.3 is 16.4 Å². The summed E-state index contributed by atoms with van der Waals surface area (Å²) >= 11 is 0. The lowest BCUT2D eigenvalue weighted by Crippen LogP contribution is -2.21. The van der Waals surface area contributed by atoms with E-state index in [1.165, 1.54) is 0 Å². The Morgan fingerprint density at radius 3 is 2.74 bits per heavy atom. The number of benzene rings is 1. The molecule has 0 saturated carbocycles. The number of fused-ring (bicyclic) bond motifs is 1. The second-order valence-electron chi connectivity index (χ2n) is 5.82. The molecule has 2 rings (SSSR count). The largest absolute Gasteiger partial charge is 0.397 e. The minimum Gasteiger partial charge on any atom is -0.397 e. The van der Waals surface area contributed by atoms with Crippen LogP contribution >= 0.6 is 0 Å². The first-order valence-electron chi connectivity index (χ1n) is 6.94. The predicted octanol–water partition coefficient (Wildman–Crippen LogP) is 3.00. The van der Waals surface area contributed by atoms with Crippen LogP contribution in [0.15, 0.2) is 12.1 Å². The van der Waals surface area contributed by atoms with E-state index in [2.05, 4.69) is 31.4 Å². The zero-order valence-corrected chi connectivity index (χ0v) is 11.9. The molecule has 1 amide bonds. The molecule has 1 unspecified atom stereocenters. The van der Waals surface area contributed by atoms with Crippen LogP contribution in [0.2, 0.25) is 0 Å². The Labute approximate surface area is 114 Å². The van der Waals surface area contributed by atoms with Gasteiger partial charge in [0.2, 0.25) is 5.91 Å². The first kappa shape index (κ1) is 13.7. The maximum absolute atomic E-state index is 11.4. The van der Waals surface area contributed by atoms with Crippen molar-refractivity contribution in [3.05, 3.63) is 17.7 Å². The predicted molar refractivity (Wildman–Crippen MR) is 80.3 cm³/mol. The molecule has 0 radical (unpaired) electrons. The Bertz CT molecular complexity index is 483. The SMILES string of the molecule is CC(C)CC(C)Nc1cc2c(cc1N)CCC(=O)N2. The highest BCUT2D eigenvalue weighted by Crippen LogP contribution is 2.31. The van der Waals surface area contributed by atoms with Crippen LogP contribution in [0.25, 0.3) is 0 Å². The van der Waals surface area contributed by atoms with Crippen LogP contribution < -0.4 is 16.4 Å². The van der Waals surface area contributed by atoms with Gasteiger partial charge in [0.1, 0.15) is 0 Å². The number of carbonyl (C=O) groups excluding carboxylic acids is 1. The summed E-state index contributed by atoms with van der Waals surface area (Å²) < 4.78 is 0. The summed E-state index contributed by atoms with van der Waals surface area (Å²) in [5.74, 6) is 0.722. The van der Waals surface area contributed by atoms with E-state index in [4.69, 9.17) is 5.73 Å². The number of amides is 1. The average molecular weight is 261 g/mol.